The van der Waals surface area contributed by atoms with E-state index in [1.165, 1.54) is 0 Å². The lowest BCUT2D eigenvalue weighted by atomic mass is 10.1. The molecule has 0 aromatic rings. The average Bonchev–Trinajstić information content (AvgIpc) is 2.15. The number of carboxylic acids is 1. The van der Waals surface area contributed by atoms with E-state index in [-0.39, 0.29) is 6.42 Å². The number of rotatable bonds is 4. The molecule has 1 heterocycles. The molecule has 0 aliphatic carbocycles. The standard InChI is InChI=1S/C9H18N2O2/c1-11(7-4-9(12)13)8-2-5-10-6-3-8/h8,10H,2-7H2,1H3,(H,12,13). The normalized spacial score (nSPS) is 19.2. The summed E-state index contributed by atoms with van der Waals surface area (Å²) in [5, 5.41) is 11.8. The molecule has 76 valence electrons. The Morgan fingerprint density at radius 2 is 2.15 bits per heavy atom. The number of nitrogens with zero attached hydrogens (tertiary/aromatic N) is 1. The largest absolute Gasteiger partial charge is 0.481 e. The number of carbonyl (C=O) groups is 1. The lowest BCUT2D eigenvalue weighted by Crippen LogP contribution is -2.41. The minimum atomic E-state index is -0.708. The second-order valence-electron chi connectivity index (χ2n) is 3.61. The van der Waals surface area contributed by atoms with Crippen molar-refractivity contribution in [1.29, 1.82) is 0 Å². The van der Waals surface area contributed by atoms with E-state index in [0.29, 0.717) is 12.6 Å². The fourth-order valence-corrected chi connectivity index (χ4v) is 1.70. The van der Waals surface area contributed by atoms with E-state index in [1.54, 1.807) is 0 Å². The number of carboxylic acid groups (broad SMARTS) is 1. The predicted molar refractivity (Wildman–Crippen MR) is 50.8 cm³/mol. The Bertz CT molecular complexity index is 167. The van der Waals surface area contributed by atoms with Gasteiger partial charge in [0.1, 0.15) is 0 Å². The molecule has 0 bridgehead atoms. The van der Waals surface area contributed by atoms with Crippen molar-refractivity contribution < 1.29 is 9.90 Å². The van der Waals surface area contributed by atoms with Crippen LogP contribution in [-0.4, -0.2) is 48.7 Å². The quantitative estimate of drug-likeness (QED) is 0.656. The van der Waals surface area contributed by atoms with Crippen LogP contribution in [0.3, 0.4) is 0 Å². The Morgan fingerprint density at radius 3 is 2.69 bits per heavy atom. The minimum absolute atomic E-state index is 0.250. The first kappa shape index (κ1) is 10.5. The summed E-state index contributed by atoms with van der Waals surface area (Å²) in [6.45, 7) is 2.78. The van der Waals surface area contributed by atoms with Crippen LogP contribution >= 0.6 is 0 Å². The molecule has 4 heteroatoms. The van der Waals surface area contributed by atoms with Gasteiger partial charge in [0.05, 0.1) is 6.42 Å². The molecule has 4 nitrogen and oxygen atoms in total. The van der Waals surface area contributed by atoms with E-state index >= 15 is 0 Å². The second-order valence-corrected chi connectivity index (χ2v) is 3.61. The Hall–Kier alpha value is -0.610. The number of nitrogens with one attached hydrogen (secondary N) is 1. The molecule has 1 aliphatic rings. The van der Waals surface area contributed by atoms with Crippen molar-refractivity contribution in [2.75, 3.05) is 26.7 Å². The van der Waals surface area contributed by atoms with E-state index in [9.17, 15) is 4.79 Å². The maximum Gasteiger partial charge on any atom is 0.304 e. The SMILES string of the molecule is CN(CCC(=O)O)C1CCNCC1. The first-order valence-corrected chi connectivity index (χ1v) is 4.83. The molecular formula is C9H18N2O2. The maximum atomic E-state index is 10.3. The number of hydrogen-bond donors (Lipinski definition) is 2. The highest BCUT2D eigenvalue weighted by molar-refractivity contribution is 5.66. The summed E-state index contributed by atoms with van der Waals surface area (Å²) in [6.07, 6.45) is 2.52. The molecular weight excluding hydrogens is 168 g/mol. The first-order chi connectivity index (χ1) is 6.20. The summed E-state index contributed by atoms with van der Waals surface area (Å²) in [7, 11) is 2.01. The van der Waals surface area contributed by atoms with Crippen molar-refractivity contribution in [2.45, 2.75) is 25.3 Å². The highest BCUT2D eigenvalue weighted by Crippen LogP contribution is 2.09. The average molecular weight is 186 g/mol. The van der Waals surface area contributed by atoms with Gasteiger partial charge in [-0.15, -0.1) is 0 Å². The summed E-state index contributed by atoms with van der Waals surface area (Å²) >= 11 is 0. The molecule has 0 unspecified atom stereocenters. The maximum absolute atomic E-state index is 10.3. The molecule has 13 heavy (non-hydrogen) atoms. The number of aliphatic carboxylic acids is 1. The van der Waals surface area contributed by atoms with Crippen molar-refractivity contribution in [3.05, 3.63) is 0 Å². The van der Waals surface area contributed by atoms with Gasteiger partial charge >= 0.3 is 5.97 Å². The van der Waals surface area contributed by atoms with Crippen molar-refractivity contribution in [3.63, 3.8) is 0 Å². The molecule has 2 N–H and O–H groups in total. The monoisotopic (exact) mass is 186 g/mol. The fourth-order valence-electron chi connectivity index (χ4n) is 1.70. The van der Waals surface area contributed by atoms with Crippen molar-refractivity contribution in [2.24, 2.45) is 0 Å². The van der Waals surface area contributed by atoms with Gasteiger partial charge in [-0.1, -0.05) is 0 Å². The van der Waals surface area contributed by atoms with Crippen LogP contribution in [0.4, 0.5) is 0 Å². The molecule has 0 amide bonds. The molecule has 1 fully saturated rings. The van der Waals surface area contributed by atoms with E-state index in [4.69, 9.17) is 5.11 Å². The fraction of sp³-hybridized carbons (Fsp3) is 0.889. The Balaban J connectivity index is 2.20. The summed E-state index contributed by atoms with van der Waals surface area (Å²) in [5.41, 5.74) is 0. The van der Waals surface area contributed by atoms with Gasteiger partial charge < -0.3 is 15.3 Å². The van der Waals surface area contributed by atoms with Crippen LogP contribution < -0.4 is 5.32 Å². The van der Waals surface area contributed by atoms with E-state index in [1.807, 2.05) is 7.05 Å². The van der Waals surface area contributed by atoms with E-state index in [0.717, 1.165) is 25.9 Å². The van der Waals surface area contributed by atoms with E-state index < -0.39 is 5.97 Å². The minimum Gasteiger partial charge on any atom is -0.481 e. The highest BCUT2D eigenvalue weighted by atomic mass is 16.4. The molecule has 1 aliphatic heterocycles. The third-order valence-electron chi connectivity index (χ3n) is 2.61. The van der Waals surface area contributed by atoms with Gasteiger partial charge in [-0.25, -0.2) is 0 Å². The molecule has 1 saturated heterocycles. The first-order valence-electron chi connectivity index (χ1n) is 4.83. The molecule has 1 rings (SSSR count). The van der Waals surface area contributed by atoms with Crippen LogP contribution in [0, 0.1) is 0 Å². The van der Waals surface area contributed by atoms with Crippen molar-refractivity contribution >= 4 is 5.97 Å². The van der Waals surface area contributed by atoms with Gasteiger partial charge in [0.2, 0.25) is 0 Å². The van der Waals surface area contributed by atoms with Crippen LogP contribution in [0.25, 0.3) is 0 Å². The molecule has 0 aromatic heterocycles. The van der Waals surface area contributed by atoms with Gasteiger partial charge in [-0.2, -0.15) is 0 Å². The van der Waals surface area contributed by atoms with Crippen LogP contribution in [0.5, 0.6) is 0 Å². The Kier molecular flexibility index (Phi) is 4.18. The lowest BCUT2D eigenvalue weighted by Gasteiger charge is -2.31. The number of piperidine rings is 1. The van der Waals surface area contributed by atoms with Crippen LogP contribution in [0.15, 0.2) is 0 Å². The van der Waals surface area contributed by atoms with Crippen LogP contribution in [0.1, 0.15) is 19.3 Å². The lowest BCUT2D eigenvalue weighted by molar-refractivity contribution is -0.137. The van der Waals surface area contributed by atoms with Gasteiger partial charge in [0.15, 0.2) is 0 Å². The second kappa shape index (κ2) is 5.19. The summed E-state index contributed by atoms with van der Waals surface area (Å²) < 4.78 is 0. The molecule has 0 aromatic carbocycles. The zero-order valence-electron chi connectivity index (χ0n) is 8.12. The summed E-state index contributed by atoms with van der Waals surface area (Å²) in [6, 6.07) is 0.570. The zero-order chi connectivity index (χ0) is 9.68. The van der Waals surface area contributed by atoms with Crippen LogP contribution in [-0.2, 0) is 4.79 Å². The molecule has 0 spiro atoms. The summed E-state index contributed by atoms with van der Waals surface area (Å²) in [5.74, 6) is -0.708. The van der Waals surface area contributed by atoms with Crippen LogP contribution in [0.2, 0.25) is 0 Å². The molecule has 0 radical (unpaired) electrons. The van der Waals surface area contributed by atoms with Gasteiger partial charge in [-0.05, 0) is 33.0 Å². The zero-order valence-corrected chi connectivity index (χ0v) is 8.12. The smallest absolute Gasteiger partial charge is 0.304 e. The third-order valence-corrected chi connectivity index (χ3v) is 2.61. The van der Waals surface area contributed by atoms with Gasteiger partial charge in [-0.3, -0.25) is 4.79 Å². The highest BCUT2D eigenvalue weighted by Gasteiger charge is 2.17. The third kappa shape index (κ3) is 3.74. The molecule has 0 atom stereocenters. The van der Waals surface area contributed by atoms with Gasteiger partial charge in [0, 0.05) is 12.6 Å². The molecule has 0 saturated carbocycles. The van der Waals surface area contributed by atoms with Crippen molar-refractivity contribution in [1.82, 2.24) is 10.2 Å². The van der Waals surface area contributed by atoms with Crippen molar-refractivity contribution in [3.8, 4) is 0 Å². The summed E-state index contributed by atoms with van der Waals surface area (Å²) in [4.78, 5) is 12.5. The Morgan fingerprint density at radius 1 is 1.54 bits per heavy atom. The van der Waals surface area contributed by atoms with E-state index in [2.05, 4.69) is 10.2 Å². The van der Waals surface area contributed by atoms with Gasteiger partial charge in [0.25, 0.3) is 0 Å². The predicted octanol–water partition coefficient (Wildman–Crippen LogP) is 0.145. The topological polar surface area (TPSA) is 52.6 Å². The Labute approximate surface area is 78.9 Å². The number of hydrogen-bond acceptors (Lipinski definition) is 3.